The Morgan fingerprint density at radius 2 is 2.50 bits per heavy atom. The molecule has 0 saturated carbocycles. The lowest BCUT2D eigenvalue weighted by Gasteiger charge is -2.01. The molecule has 0 aromatic heterocycles. The average Bonchev–Trinajstić information content (AvgIpc) is 1.67. The number of nitrogens with two attached hydrogens (primary N) is 1. The molecule has 1 unspecified atom stereocenters. The minimum atomic E-state index is -0.336. The molecule has 0 aliphatic rings. The molecule has 2 nitrogen and oxygen atoms in total. The minimum absolute atomic E-state index is 0.0200. The smallest absolute Gasteiger partial charge is 0.147 e. The molecule has 1 atom stereocenters. The standard InChI is InChI=1S/C4H9NOS2/c1-3(6)4(5)2-8-7/h4,7H,2,5H2,1H3. The van der Waals surface area contributed by atoms with Crippen LogP contribution in [-0.2, 0) is 4.79 Å². The molecule has 0 amide bonds. The Balaban J connectivity index is 3.32. The van der Waals surface area contributed by atoms with E-state index in [9.17, 15) is 4.79 Å². The van der Waals surface area contributed by atoms with Gasteiger partial charge in [0.2, 0.25) is 0 Å². The molecular weight excluding hydrogens is 142 g/mol. The maximum absolute atomic E-state index is 10.4. The van der Waals surface area contributed by atoms with Crippen molar-refractivity contribution < 1.29 is 4.79 Å². The summed E-state index contributed by atoms with van der Waals surface area (Å²) in [5, 5.41) is 0. The molecule has 0 radical (unpaired) electrons. The van der Waals surface area contributed by atoms with E-state index in [-0.39, 0.29) is 11.8 Å². The van der Waals surface area contributed by atoms with Gasteiger partial charge in [-0.05, 0) is 6.92 Å². The van der Waals surface area contributed by atoms with Gasteiger partial charge in [0, 0.05) is 5.75 Å². The van der Waals surface area contributed by atoms with Crippen molar-refractivity contribution in [3.05, 3.63) is 0 Å². The van der Waals surface area contributed by atoms with Crippen LogP contribution in [0.4, 0.5) is 0 Å². The predicted octanol–water partition coefficient (Wildman–Crippen LogP) is 0.481. The van der Waals surface area contributed by atoms with E-state index in [1.807, 2.05) is 0 Å². The van der Waals surface area contributed by atoms with E-state index in [0.29, 0.717) is 5.75 Å². The molecule has 0 aliphatic heterocycles. The van der Waals surface area contributed by atoms with Crippen LogP contribution in [0.2, 0.25) is 0 Å². The first-order chi connectivity index (χ1) is 3.68. The first kappa shape index (κ1) is 8.33. The van der Waals surface area contributed by atoms with Crippen molar-refractivity contribution in [1.82, 2.24) is 0 Å². The summed E-state index contributed by atoms with van der Waals surface area (Å²) in [7, 11) is 1.29. The third-order valence-electron chi connectivity index (χ3n) is 0.776. The van der Waals surface area contributed by atoms with Crippen LogP contribution < -0.4 is 5.73 Å². The number of thiol groups is 1. The minimum Gasteiger partial charge on any atom is -0.321 e. The van der Waals surface area contributed by atoms with Gasteiger partial charge >= 0.3 is 0 Å². The quantitative estimate of drug-likeness (QED) is 0.455. The summed E-state index contributed by atoms with van der Waals surface area (Å²) < 4.78 is 0. The highest BCUT2D eigenvalue weighted by Gasteiger charge is 2.04. The lowest BCUT2D eigenvalue weighted by atomic mass is 10.3. The fraction of sp³-hybridized carbons (Fsp3) is 0.750. The summed E-state index contributed by atoms with van der Waals surface area (Å²) >= 11 is 3.84. The third-order valence-corrected chi connectivity index (χ3v) is 1.73. The van der Waals surface area contributed by atoms with Crippen molar-refractivity contribution in [2.45, 2.75) is 13.0 Å². The van der Waals surface area contributed by atoms with Gasteiger partial charge in [-0.15, -0.1) is 11.7 Å². The number of hydrogen-bond acceptors (Lipinski definition) is 4. The lowest BCUT2D eigenvalue weighted by molar-refractivity contribution is -0.117. The van der Waals surface area contributed by atoms with Crippen molar-refractivity contribution in [3.8, 4) is 0 Å². The first-order valence-corrected chi connectivity index (χ1v) is 4.24. The SMILES string of the molecule is CC(=O)C(N)CSS. The van der Waals surface area contributed by atoms with E-state index in [1.54, 1.807) is 0 Å². The summed E-state index contributed by atoms with van der Waals surface area (Å²) in [5.41, 5.74) is 5.31. The topological polar surface area (TPSA) is 43.1 Å². The fourth-order valence-electron chi connectivity index (χ4n) is 0.198. The Bertz CT molecular complexity index is 86.1. The highest BCUT2D eigenvalue weighted by molar-refractivity contribution is 8.68. The van der Waals surface area contributed by atoms with Crippen molar-refractivity contribution in [3.63, 3.8) is 0 Å². The molecule has 0 aromatic rings. The van der Waals surface area contributed by atoms with Crippen LogP contribution >= 0.6 is 22.5 Å². The van der Waals surface area contributed by atoms with E-state index in [0.717, 1.165) is 0 Å². The molecule has 0 saturated heterocycles. The number of carbonyl (C=O) groups is 1. The molecule has 0 spiro atoms. The number of ketones is 1. The summed E-state index contributed by atoms with van der Waals surface area (Å²) in [6.07, 6.45) is 0. The van der Waals surface area contributed by atoms with Gasteiger partial charge in [0.1, 0.15) is 5.78 Å². The molecule has 8 heavy (non-hydrogen) atoms. The summed E-state index contributed by atoms with van der Waals surface area (Å²) in [5.74, 6) is 0.616. The van der Waals surface area contributed by atoms with E-state index in [4.69, 9.17) is 5.73 Å². The summed E-state index contributed by atoms with van der Waals surface area (Å²) in [6, 6.07) is -0.336. The zero-order valence-electron chi connectivity index (χ0n) is 4.63. The Morgan fingerprint density at radius 1 is 2.00 bits per heavy atom. The zero-order valence-corrected chi connectivity index (χ0v) is 6.34. The van der Waals surface area contributed by atoms with Crippen molar-refractivity contribution >= 4 is 28.2 Å². The van der Waals surface area contributed by atoms with E-state index < -0.39 is 0 Å². The number of carbonyl (C=O) groups excluding carboxylic acids is 1. The molecule has 0 rings (SSSR count). The zero-order chi connectivity index (χ0) is 6.57. The molecule has 4 heteroatoms. The molecular formula is C4H9NOS2. The van der Waals surface area contributed by atoms with Crippen molar-refractivity contribution in [2.75, 3.05) is 5.75 Å². The van der Waals surface area contributed by atoms with Crippen LogP contribution in [0.5, 0.6) is 0 Å². The van der Waals surface area contributed by atoms with Gasteiger partial charge in [-0.2, -0.15) is 0 Å². The second-order valence-electron chi connectivity index (χ2n) is 1.51. The Morgan fingerprint density at radius 3 is 2.62 bits per heavy atom. The lowest BCUT2D eigenvalue weighted by Crippen LogP contribution is -2.30. The Kier molecular flexibility index (Phi) is 4.41. The van der Waals surface area contributed by atoms with Crippen LogP contribution in [0.15, 0.2) is 0 Å². The molecule has 0 aromatic carbocycles. The second-order valence-corrected chi connectivity index (χ2v) is 2.88. The largest absolute Gasteiger partial charge is 0.321 e. The third kappa shape index (κ3) is 3.35. The maximum Gasteiger partial charge on any atom is 0.147 e. The molecule has 48 valence electrons. The monoisotopic (exact) mass is 151 g/mol. The molecule has 0 aliphatic carbocycles. The molecule has 0 bridgehead atoms. The number of rotatable bonds is 3. The van der Waals surface area contributed by atoms with E-state index in [2.05, 4.69) is 11.7 Å². The maximum atomic E-state index is 10.4. The molecule has 0 heterocycles. The van der Waals surface area contributed by atoms with Gasteiger partial charge in [0.15, 0.2) is 0 Å². The Labute approximate surface area is 58.0 Å². The van der Waals surface area contributed by atoms with Crippen LogP contribution in [-0.4, -0.2) is 17.6 Å². The molecule has 2 N–H and O–H groups in total. The van der Waals surface area contributed by atoms with Crippen molar-refractivity contribution in [1.29, 1.82) is 0 Å². The highest BCUT2D eigenvalue weighted by atomic mass is 33.1. The van der Waals surface area contributed by atoms with Gasteiger partial charge in [0.25, 0.3) is 0 Å². The second kappa shape index (κ2) is 4.23. The van der Waals surface area contributed by atoms with Crippen LogP contribution in [0.3, 0.4) is 0 Å². The van der Waals surface area contributed by atoms with E-state index >= 15 is 0 Å². The van der Waals surface area contributed by atoms with E-state index in [1.165, 1.54) is 17.7 Å². The summed E-state index contributed by atoms with van der Waals surface area (Å²) in [6.45, 7) is 1.48. The van der Waals surface area contributed by atoms with Gasteiger partial charge < -0.3 is 5.73 Å². The van der Waals surface area contributed by atoms with Crippen LogP contribution in [0, 0.1) is 0 Å². The average molecular weight is 151 g/mol. The predicted molar refractivity (Wildman–Crippen MR) is 40.1 cm³/mol. The van der Waals surface area contributed by atoms with Gasteiger partial charge in [-0.1, -0.05) is 10.8 Å². The first-order valence-electron chi connectivity index (χ1n) is 2.21. The van der Waals surface area contributed by atoms with Crippen LogP contribution in [0.1, 0.15) is 6.92 Å². The van der Waals surface area contributed by atoms with Gasteiger partial charge in [-0.3, -0.25) is 4.79 Å². The number of hydrogen-bond donors (Lipinski definition) is 2. The highest BCUT2D eigenvalue weighted by Crippen LogP contribution is 2.05. The van der Waals surface area contributed by atoms with Gasteiger partial charge in [-0.25, -0.2) is 0 Å². The summed E-state index contributed by atoms with van der Waals surface area (Å²) in [4.78, 5) is 10.4. The van der Waals surface area contributed by atoms with Crippen LogP contribution in [0.25, 0.3) is 0 Å². The fourth-order valence-corrected chi connectivity index (χ4v) is 1.07. The van der Waals surface area contributed by atoms with Gasteiger partial charge in [0.05, 0.1) is 6.04 Å². The Hall–Kier alpha value is 0.330. The normalized spacial score (nSPS) is 13.4. The molecule has 0 fully saturated rings. The van der Waals surface area contributed by atoms with Crippen molar-refractivity contribution in [2.24, 2.45) is 5.73 Å². The number of Topliss-reactive ketones (excluding diaryl/α,β-unsaturated/α-hetero) is 1.